The predicted molar refractivity (Wildman–Crippen MR) is 177 cm³/mol. The van der Waals surface area contributed by atoms with E-state index in [4.69, 9.17) is 26.6 Å². The van der Waals surface area contributed by atoms with Crippen molar-refractivity contribution in [1.82, 2.24) is 4.90 Å². The van der Waals surface area contributed by atoms with Crippen molar-refractivity contribution in [3.63, 3.8) is 0 Å². The highest BCUT2D eigenvalue weighted by Gasteiger charge is 2.20. The van der Waals surface area contributed by atoms with Crippen molar-refractivity contribution >= 4 is 42.0 Å². The number of nitrogens with one attached hydrogen (secondary N) is 1. The highest BCUT2D eigenvalue weighted by molar-refractivity contribution is 6.30. The van der Waals surface area contributed by atoms with Crippen molar-refractivity contribution in [3.8, 4) is 11.1 Å². The zero-order chi connectivity index (χ0) is 32.4. The number of benzene rings is 3. The van der Waals surface area contributed by atoms with Crippen LogP contribution in [0, 0.1) is 11.3 Å². The Bertz CT molecular complexity index is 1250. The number of hydrogen-bond donors (Lipinski definition) is 3. The first kappa shape index (κ1) is 37.3. The minimum atomic E-state index is -0.250. The van der Waals surface area contributed by atoms with Crippen molar-refractivity contribution in [2.75, 3.05) is 50.6 Å². The molecule has 3 N–H and O–H groups in total. The van der Waals surface area contributed by atoms with E-state index in [1.165, 1.54) is 16.7 Å². The number of hydrogen-bond acceptors (Lipinski definition) is 7. The molecule has 43 heavy (non-hydrogen) atoms. The third kappa shape index (κ3) is 12.2. The lowest BCUT2D eigenvalue weighted by atomic mass is 9.83. The van der Waals surface area contributed by atoms with Gasteiger partial charge in [0.05, 0.1) is 11.4 Å². The Morgan fingerprint density at radius 3 is 2.00 bits per heavy atom. The SMILES string of the molecule is CC(C=O)C(C)(C)C.CNc1cc(C=O)ccc1N1CCN(Cc2ccccc2-c2ccc(Cl)cc2)CC1.CO.O=CO. The third-order valence-electron chi connectivity index (χ3n) is 7.28. The van der Waals surface area contributed by atoms with Crippen LogP contribution in [0.4, 0.5) is 11.4 Å². The van der Waals surface area contributed by atoms with Crippen LogP contribution in [-0.4, -0.2) is 74.5 Å². The van der Waals surface area contributed by atoms with Crippen LogP contribution in [0.3, 0.4) is 0 Å². The van der Waals surface area contributed by atoms with E-state index in [9.17, 15) is 9.59 Å². The summed E-state index contributed by atoms with van der Waals surface area (Å²) >= 11 is 6.06. The van der Waals surface area contributed by atoms with Gasteiger partial charge in [0.2, 0.25) is 0 Å². The minimum Gasteiger partial charge on any atom is -0.483 e. The molecule has 1 unspecified atom stereocenters. The highest BCUT2D eigenvalue weighted by atomic mass is 35.5. The zero-order valence-electron chi connectivity index (χ0n) is 26.1. The number of aldehydes is 2. The van der Waals surface area contributed by atoms with Gasteiger partial charge in [0.1, 0.15) is 12.6 Å². The molecule has 0 amide bonds. The first-order valence-corrected chi connectivity index (χ1v) is 14.5. The Kier molecular flexibility index (Phi) is 16.9. The van der Waals surface area contributed by atoms with E-state index < -0.39 is 0 Å². The smallest absolute Gasteiger partial charge is 0.290 e. The van der Waals surface area contributed by atoms with Crippen LogP contribution >= 0.6 is 11.6 Å². The molecule has 1 atom stereocenters. The van der Waals surface area contributed by atoms with Crippen molar-refractivity contribution in [2.45, 2.75) is 34.2 Å². The molecule has 9 heteroatoms. The molecular weight excluding hydrogens is 566 g/mol. The molecule has 4 rings (SSSR count). The Morgan fingerprint density at radius 2 is 1.51 bits per heavy atom. The average molecular weight is 612 g/mol. The molecule has 0 spiro atoms. The van der Waals surface area contributed by atoms with E-state index in [0.717, 1.165) is 68.8 Å². The molecular formula is C34H46ClN3O5. The van der Waals surface area contributed by atoms with Crippen LogP contribution in [-0.2, 0) is 16.1 Å². The number of nitrogens with zero attached hydrogens (tertiary/aromatic N) is 2. The summed E-state index contributed by atoms with van der Waals surface area (Å²) in [6.07, 6.45) is 1.89. The van der Waals surface area contributed by atoms with Crippen molar-refractivity contribution in [1.29, 1.82) is 0 Å². The van der Waals surface area contributed by atoms with Crippen LogP contribution in [0.5, 0.6) is 0 Å². The molecule has 0 saturated carbocycles. The molecule has 234 valence electrons. The van der Waals surface area contributed by atoms with Crippen LogP contribution in [0.25, 0.3) is 11.1 Å². The van der Waals surface area contributed by atoms with E-state index >= 15 is 0 Å². The zero-order valence-corrected chi connectivity index (χ0v) is 26.8. The quantitative estimate of drug-likeness (QED) is 0.265. The average Bonchev–Trinajstić information content (AvgIpc) is 3.02. The molecule has 3 aromatic rings. The number of halogens is 1. The summed E-state index contributed by atoms with van der Waals surface area (Å²) in [4.78, 5) is 34.5. The van der Waals surface area contributed by atoms with E-state index in [1.807, 2.05) is 44.3 Å². The number of anilines is 2. The first-order chi connectivity index (χ1) is 20.6. The molecule has 8 nitrogen and oxygen atoms in total. The molecule has 1 fully saturated rings. The second-order valence-corrected chi connectivity index (χ2v) is 11.4. The van der Waals surface area contributed by atoms with Crippen LogP contribution in [0.1, 0.15) is 43.6 Å². The third-order valence-corrected chi connectivity index (χ3v) is 7.53. The number of carboxylic acid groups (broad SMARTS) is 1. The summed E-state index contributed by atoms with van der Waals surface area (Å²) < 4.78 is 0. The van der Waals surface area contributed by atoms with Crippen LogP contribution in [0.15, 0.2) is 66.7 Å². The fraction of sp³-hybridized carbons (Fsp3) is 0.382. The number of carbonyl (C=O) groups excluding carboxylic acids is 2. The number of carbonyl (C=O) groups is 3. The maximum Gasteiger partial charge on any atom is 0.290 e. The summed E-state index contributed by atoms with van der Waals surface area (Å²) in [6.45, 7) is 12.7. The van der Waals surface area contributed by atoms with Gasteiger partial charge in [0.15, 0.2) is 0 Å². The van der Waals surface area contributed by atoms with Gasteiger partial charge in [-0.1, -0.05) is 75.7 Å². The lowest BCUT2D eigenvalue weighted by Gasteiger charge is -2.37. The van der Waals surface area contributed by atoms with Gasteiger partial charge in [-0.2, -0.15) is 0 Å². The number of aliphatic hydroxyl groups excluding tert-OH is 1. The van der Waals surface area contributed by atoms with E-state index in [0.29, 0.717) is 5.56 Å². The van der Waals surface area contributed by atoms with Gasteiger partial charge in [-0.15, -0.1) is 0 Å². The molecule has 1 saturated heterocycles. The normalized spacial score (nSPS) is 13.4. The van der Waals surface area contributed by atoms with Gasteiger partial charge < -0.3 is 25.2 Å². The van der Waals surface area contributed by atoms with Gasteiger partial charge in [0, 0.05) is 63.4 Å². The molecule has 1 aliphatic rings. The largest absolute Gasteiger partial charge is 0.483 e. The van der Waals surface area contributed by atoms with Crippen molar-refractivity contribution in [2.24, 2.45) is 11.3 Å². The Hall–Kier alpha value is -3.72. The Balaban J connectivity index is 0.000000605. The molecule has 3 aromatic carbocycles. The Morgan fingerprint density at radius 1 is 0.930 bits per heavy atom. The standard InChI is InChI=1S/C25H26ClN3O.C7H14O.CH2O2.CH4O/c1-27-24-16-19(18-30)6-11-25(24)29-14-12-28(13-15-29)17-21-4-2-3-5-23(21)20-7-9-22(26)10-8-20;1-6(5-8)7(2,3)4;2-1-3;1-2/h2-11,16,18,27H,12-15,17H2,1H3;5-6H,1-4H3;1H,(H,2,3);2H,1H3. The summed E-state index contributed by atoms with van der Waals surface area (Å²) in [5.41, 5.74) is 6.79. The molecule has 1 aliphatic heterocycles. The second kappa shape index (κ2) is 19.5. The minimum absolute atomic E-state index is 0.141. The summed E-state index contributed by atoms with van der Waals surface area (Å²) in [7, 11) is 2.90. The fourth-order valence-corrected chi connectivity index (χ4v) is 4.39. The molecule has 0 aromatic heterocycles. The molecule has 1 heterocycles. The molecule has 0 aliphatic carbocycles. The van der Waals surface area contributed by atoms with E-state index in [1.54, 1.807) is 0 Å². The lowest BCUT2D eigenvalue weighted by molar-refractivity contribution is -0.122. The van der Waals surface area contributed by atoms with E-state index in [-0.39, 0.29) is 17.8 Å². The lowest BCUT2D eigenvalue weighted by Crippen LogP contribution is -2.46. The summed E-state index contributed by atoms with van der Waals surface area (Å²) in [6, 6.07) is 22.5. The number of aliphatic hydroxyl groups is 1. The maximum atomic E-state index is 11.1. The predicted octanol–water partition coefficient (Wildman–Crippen LogP) is 6.36. The maximum absolute atomic E-state index is 11.1. The monoisotopic (exact) mass is 611 g/mol. The number of piperazine rings is 1. The fourth-order valence-electron chi connectivity index (χ4n) is 4.26. The van der Waals surface area contributed by atoms with Crippen LogP contribution < -0.4 is 10.2 Å². The summed E-state index contributed by atoms with van der Waals surface area (Å²) in [5, 5.41) is 17.9. The molecule has 0 radical (unpaired) electrons. The van der Waals surface area contributed by atoms with Crippen LogP contribution in [0.2, 0.25) is 5.02 Å². The summed E-state index contributed by atoms with van der Waals surface area (Å²) in [5.74, 6) is 0.169. The van der Waals surface area contributed by atoms with Gasteiger partial charge >= 0.3 is 0 Å². The first-order valence-electron chi connectivity index (χ1n) is 14.1. The highest BCUT2D eigenvalue weighted by Crippen LogP contribution is 2.29. The Labute approximate surface area is 261 Å². The van der Waals surface area contributed by atoms with Gasteiger partial charge in [-0.05, 0) is 52.4 Å². The van der Waals surface area contributed by atoms with Gasteiger partial charge in [-0.3, -0.25) is 14.5 Å². The number of rotatable bonds is 7. The van der Waals surface area contributed by atoms with Gasteiger partial charge in [-0.25, -0.2) is 0 Å². The van der Waals surface area contributed by atoms with Crippen molar-refractivity contribution in [3.05, 3.63) is 82.9 Å². The second-order valence-electron chi connectivity index (χ2n) is 11.0. The van der Waals surface area contributed by atoms with Crippen molar-refractivity contribution < 1.29 is 24.6 Å². The molecule has 0 bridgehead atoms. The van der Waals surface area contributed by atoms with Gasteiger partial charge in [0.25, 0.3) is 6.47 Å². The van der Waals surface area contributed by atoms with E-state index in [2.05, 4.69) is 72.3 Å². The topological polar surface area (TPSA) is 110 Å².